The molecule has 0 atom stereocenters. The van der Waals surface area contributed by atoms with Crippen molar-refractivity contribution in [3.63, 3.8) is 0 Å². The lowest BCUT2D eigenvalue weighted by Gasteiger charge is -2.30. The zero-order valence-corrected chi connectivity index (χ0v) is 11.8. The minimum absolute atomic E-state index is 0.0796. The van der Waals surface area contributed by atoms with E-state index in [1.807, 2.05) is 21.1 Å². The van der Waals surface area contributed by atoms with Crippen LogP contribution >= 0.6 is 15.2 Å². The van der Waals surface area contributed by atoms with E-state index in [2.05, 4.69) is 0 Å². The van der Waals surface area contributed by atoms with Crippen LogP contribution in [0.1, 0.15) is 12.8 Å². The summed E-state index contributed by atoms with van der Waals surface area (Å²) in [5.74, 6) is 0. The molecule has 0 heterocycles. The second-order valence-electron chi connectivity index (χ2n) is 4.98. The number of quaternary nitrogens is 1. The summed E-state index contributed by atoms with van der Waals surface area (Å²) < 4.78 is 22.5. The van der Waals surface area contributed by atoms with Crippen molar-refractivity contribution in [1.29, 1.82) is 0 Å². The van der Waals surface area contributed by atoms with Gasteiger partial charge in [0.25, 0.3) is 5.08 Å². The van der Waals surface area contributed by atoms with Gasteiger partial charge in [0, 0.05) is 12.8 Å². The SMILES string of the molecule is C[N+](C)(C)CCCC(O)(P(=O)(O)O)P(=O)(O)O. The maximum absolute atomic E-state index is 11.0. The predicted molar refractivity (Wildman–Crippen MR) is 61.2 cm³/mol. The smallest absolute Gasteiger partial charge is 0.368 e. The second-order valence-corrected chi connectivity index (χ2v) is 8.99. The van der Waals surface area contributed by atoms with Gasteiger partial charge < -0.3 is 29.2 Å². The maximum atomic E-state index is 11.0. The molecule has 0 radical (unpaired) electrons. The van der Waals surface area contributed by atoms with Gasteiger partial charge in [0.15, 0.2) is 0 Å². The van der Waals surface area contributed by atoms with Gasteiger partial charge in [-0.1, -0.05) is 0 Å². The van der Waals surface area contributed by atoms with Crippen LogP contribution in [-0.4, -0.2) is 61.9 Å². The first-order chi connectivity index (χ1) is 7.21. The highest BCUT2D eigenvalue weighted by Crippen LogP contribution is 2.69. The highest BCUT2D eigenvalue weighted by atomic mass is 31.2. The van der Waals surface area contributed by atoms with Gasteiger partial charge in [-0.25, -0.2) is 0 Å². The van der Waals surface area contributed by atoms with Gasteiger partial charge in [0.05, 0.1) is 27.7 Å². The molecule has 0 saturated carbocycles. The molecule has 104 valence electrons. The molecule has 0 aliphatic heterocycles. The van der Waals surface area contributed by atoms with Crippen molar-refractivity contribution in [3.05, 3.63) is 0 Å². The van der Waals surface area contributed by atoms with Crippen LogP contribution in [0, 0.1) is 0 Å². The van der Waals surface area contributed by atoms with E-state index in [-0.39, 0.29) is 6.42 Å². The van der Waals surface area contributed by atoms with Crippen LogP contribution in [0.5, 0.6) is 0 Å². The molecule has 0 saturated heterocycles. The van der Waals surface area contributed by atoms with Crippen molar-refractivity contribution in [2.24, 2.45) is 0 Å². The molecule has 0 unspecified atom stereocenters. The molecule has 5 N–H and O–H groups in total. The Hall–Kier alpha value is 0.220. The molecule has 10 heteroatoms. The molecule has 0 spiro atoms. The van der Waals surface area contributed by atoms with Crippen molar-refractivity contribution in [2.45, 2.75) is 17.9 Å². The summed E-state index contributed by atoms with van der Waals surface area (Å²) in [7, 11) is -5.17. The van der Waals surface area contributed by atoms with Crippen LogP contribution in [0.3, 0.4) is 0 Å². The van der Waals surface area contributed by atoms with Crippen LogP contribution in [0.4, 0.5) is 0 Å². The van der Waals surface area contributed by atoms with Gasteiger partial charge in [0.2, 0.25) is 0 Å². The molecular weight excluding hydrogens is 272 g/mol. The Labute approximate surface area is 99.8 Å². The van der Waals surface area contributed by atoms with Crippen LogP contribution in [0.2, 0.25) is 0 Å². The third kappa shape index (κ3) is 4.77. The summed E-state index contributed by atoms with van der Waals surface area (Å²) in [5.41, 5.74) is 0. The molecule has 0 amide bonds. The molecule has 0 bridgehead atoms. The van der Waals surface area contributed by atoms with E-state index in [0.29, 0.717) is 11.0 Å². The summed E-state index contributed by atoms with van der Waals surface area (Å²) in [6.45, 7) is 0.419. The largest absolute Gasteiger partial charge is 0.369 e. The average molecular weight is 292 g/mol. The molecule has 0 aromatic carbocycles. The van der Waals surface area contributed by atoms with Gasteiger partial charge in [-0.05, 0) is 0 Å². The highest BCUT2D eigenvalue weighted by Gasteiger charge is 2.58. The fourth-order valence-corrected chi connectivity index (χ4v) is 3.51. The molecule has 0 aliphatic rings. The molecule has 0 fully saturated rings. The molecule has 17 heavy (non-hydrogen) atoms. The Bertz CT molecular complexity index is 330. The van der Waals surface area contributed by atoms with Crippen LogP contribution in [0.15, 0.2) is 0 Å². The van der Waals surface area contributed by atoms with Gasteiger partial charge in [-0.3, -0.25) is 9.13 Å². The number of hydrogen-bond donors (Lipinski definition) is 5. The molecular formula is C7H20NO7P2+. The number of hydrogen-bond acceptors (Lipinski definition) is 3. The topological polar surface area (TPSA) is 135 Å². The van der Waals surface area contributed by atoms with E-state index in [4.69, 9.17) is 19.6 Å². The Kier molecular flexibility index (Phi) is 5.14. The third-order valence-electron chi connectivity index (χ3n) is 2.27. The average Bonchev–Trinajstić information content (AvgIpc) is 1.96. The number of aliphatic hydroxyl groups is 1. The van der Waals surface area contributed by atoms with E-state index in [9.17, 15) is 14.2 Å². The van der Waals surface area contributed by atoms with Crippen LogP contribution in [-0.2, 0) is 9.13 Å². The van der Waals surface area contributed by atoms with Crippen molar-refractivity contribution >= 4 is 15.2 Å². The fourth-order valence-electron chi connectivity index (χ4n) is 1.25. The molecule has 0 aromatic heterocycles. The van der Waals surface area contributed by atoms with Crippen molar-refractivity contribution in [3.8, 4) is 0 Å². The first kappa shape index (κ1) is 17.2. The minimum atomic E-state index is -5.31. The summed E-state index contributed by atoms with van der Waals surface area (Å²) >= 11 is 0. The third-order valence-corrected chi connectivity index (χ3v) is 6.15. The standard InChI is InChI=1S/C7H19NO7P2/c1-8(2,3)6-4-5-7(9,16(10,11)12)17(13,14)15/h9H,4-6H2,1-3H3,(H3-,10,11,12,13,14,15)/p+1. The van der Waals surface area contributed by atoms with E-state index in [1.165, 1.54) is 0 Å². The Morgan fingerprint density at radius 2 is 1.35 bits per heavy atom. The van der Waals surface area contributed by atoms with Crippen LogP contribution < -0.4 is 0 Å². The Morgan fingerprint density at radius 1 is 1.00 bits per heavy atom. The second kappa shape index (κ2) is 5.07. The lowest BCUT2D eigenvalue weighted by molar-refractivity contribution is -0.870. The van der Waals surface area contributed by atoms with E-state index in [0.717, 1.165) is 0 Å². The zero-order valence-electron chi connectivity index (χ0n) is 10.0. The van der Waals surface area contributed by atoms with Gasteiger partial charge in [-0.2, -0.15) is 0 Å². The summed E-state index contributed by atoms with van der Waals surface area (Å²) in [5, 5.41) is 6.27. The van der Waals surface area contributed by atoms with Crippen molar-refractivity contribution in [2.75, 3.05) is 27.7 Å². The highest BCUT2D eigenvalue weighted by molar-refractivity contribution is 7.72. The van der Waals surface area contributed by atoms with Gasteiger partial charge >= 0.3 is 15.2 Å². The summed E-state index contributed by atoms with van der Waals surface area (Å²) in [6, 6.07) is 0. The molecule has 0 aromatic rings. The van der Waals surface area contributed by atoms with Crippen molar-refractivity contribution < 1.29 is 38.3 Å². The lowest BCUT2D eigenvalue weighted by Crippen LogP contribution is -2.37. The Morgan fingerprint density at radius 3 is 1.59 bits per heavy atom. The first-order valence-corrected chi connectivity index (χ1v) is 8.07. The predicted octanol–water partition coefficient (Wildman–Crippen LogP) is -0.526. The summed E-state index contributed by atoms with van der Waals surface area (Å²) in [6.07, 6.45) is -0.576. The lowest BCUT2D eigenvalue weighted by atomic mass is 10.3. The van der Waals surface area contributed by atoms with Crippen molar-refractivity contribution in [1.82, 2.24) is 0 Å². The number of rotatable bonds is 6. The Balaban J connectivity index is 4.90. The van der Waals surface area contributed by atoms with Crippen LogP contribution in [0.25, 0.3) is 0 Å². The normalized spacial score (nSPS) is 15.1. The molecule has 0 aliphatic carbocycles. The maximum Gasteiger partial charge on any atom is 0.369 e. The van der Waals surface area contributed by atoms with Gasteiger partial charge in [0.1, 0.15) is 0 Å². The van der Waals surface area contributed by atoms with E-state index in [1.54, 1.807) is 0 Å². The minimum Gasteiger partial charge on any atom is -0.368 e. The zero-order chi connectivity index (χ0) is 14.1. The van der Waals surface area contributed by atoms with E-state index < -0.39 is 26.7 Å². The van der Waals surface area contributed by atoms with Gasteiger partial charge in [-0.15, -0.1) is 0 Å². The summed E-state index contributed by atoms with van der Waals surface area (Å²) in [4.78, 5) is 35.5. The monoisotopic (exact) mass is 292 g/mol. The fraction of sp³-hybridized carbons (Fsp3) is 1.00. The quantitative estimate of drug-likeness (QED) is 0.328. The van der Waals surface area contributed by atoms with E-state index >= 15 is 0 Å². The number of nitrogens with zero attached hydrogens (tertiary/aromatic N) is 1. The molecule has 0 rings (SSSR count). The molecule has 8 nitrogen and oxygen atoms in total. The first-order valence-electron chi connectivity index (χ1n) is 4.85.